The molecule has 1 aromatic rings. The van der Waals surface area contributed by atoms with Crippen LogP contribution >= 0.6 is 11.6 Å². The first-order valence-corrected chi connectivity index (χ1v) is 7.84. The summed E-state index contributed by atoms with van der Waals surface area (Å²) in [5.41, 5.74) is 0.522. The maximum absolute atomic E-state index is 12.5. The molecule has 0 unspecified atom stereocenters. The standard InChI is InChI=1S/C12H16ClNO4S/c13-11-3-2-10(9-15)8-12(11)19(16,17)14-4-1-6-18-7-5-14/h2-3,8,15H,1,4-7,9H2. The molecule has 0 amide bonds. The first-order valence-electron chi connectivity index (χ1n) is 6.03. The zero-order valence-corrected chi connectivity index (χ0v) is 12.0. The maximum Gasteiger partial charge on any atom is 0.244 e. The molecule has 0 atom stereocenters. The molecule has 0 radical (unpaired) electrons. The summed E-state index contributed by atoms with van der Waals surface area (Å²) in [6, 6.07) is 4.52. The molecule has 2 rings (SSSR count). The summed E-state index contributed by atoms with van der Waals surface area (Å²) in [6.45, 7) is 1.47. The number of aliphatic hydroxyl groups is 1. The molecular formula is C12H16ClNO4S. The van der Waals surface area contributed by atoms with Gasteiger partial charge in [0.1, 0.15) is 4.90 Å². The average molecular weight is 306 g/mol. The fraction of sp³-hybridized carbons (Fsp3) is 0.500. The second-order valence-corrected chi connectivity index (χ2v) is 6.61. The number of halogens is 1. The van der Waals surface area contributed by atoms with E-state index in [-0.39, 0.29) is 16.5 Å². The van der Waals surface area contributed by atoms with E-state index in [0.29, 0.717) is 38.3 Å². The number of benzene rings is 1. The number of hydrogen-bond donors (Lipinski definition) is 1. The fourth-order valence-corrected chi connectivity index (χ4v) is 3.93. The monoisotopic (exact) mass is 305 g/mol. The molecule has 5 nitrogen and oxygen atoms in total. The number of nitrogens with zero attached hydrogens (tertiary/aromatic N) is 1. The van der Waals surface area contributed by atoms with Crippen molar-refractivity contribution in [3.63, 3.8) is 0 Å². The molecule has 19 heavy (non-hydrogen) atoms. The summed E-state index contributed by atoms with van der Waals surface area (Å²) in [5.74, 6) is 0. The van der Waals surface area contributed by atoms with E-state index < -0.39 is 10.0 Å². The highest BCUT2D eigenvalue weighted by atomic mass is 35.5. The van der Waals surface area contributed by atoms with Crippen LogP contribution in [-0.4, -0.2) is 44.1 Å². The molecule has 0 aliphatic carbocycles. The Morgan fingerprint density at radius 1 is 1.32 bits per heavy atom. The first-order chi connectivity index (χ1) is 9.05. The largest absolute Gasteiger partial charge is 0.392 e. The van der Waals surface area contributed by atoms with E-state index in [1.165, 1.54) is 16.4 Å². The molecule has 0 saturated carbocycles. The number of rotatable bonds is 3. The smallest absolute Gasteiger partial charge is 0.244 e. The van der Waals surface area contributed by atoms with Crippen molar-refractivity contribution in [2.75, 3.05) is 26.3 Å². The highest BCUT2D eigenvalue weighted by molar-refractivity contribution is 7.89. The molecule has 1 aliphatic heterocycles. The Kier molecular flexibility index (Phi) is 4.81. The summed E-state index contributed by atoms with van der Waals surface area (Å²) >= 11 is 5.98. The van der Waals surface area contributed by atoms with E-state index >= 15 is 0 Å². The number of sulfonamides is 1. The van der Waals surface area contributed by atoms with Gasteiger partial charge in [-0.05, 0) is 24.1 Å². The maximum atomic E-state index is 12.5. The van der Waals surface area contributed by atoms with Gasteiger partial charge in [-0.3, -0.25) is 0 Å². The van der Waals surface area contributed by atoms with Crippen molar-refractivity contribution in [2.24, 2.45) is 0 Å². The summed E-state index contributed by atoms with van der Waals surface area (Å²) in [6.07, 6.45) is 0.663. The number of aliphatic hydroxyl groups excluding tert-OH is 1. The molecular weight excluding hydrogens is 290 g/mol. The highest BCUT2D eigenvalue weighted by Crippen LogP contribution is 2.26. The van der Waals surface area contributed by atoms with E-state index in [1.54, 1.807) is 6.07 Å². The van der Waals surface area contributed by atoms with Crippen LogP contribution in [0.15, 0.2) is 23.1 Å². The predicted molar refractivity (Wildman–Crippen MR) is 71.6 cm³/mol. The lowest BCUT2D eigenvalue weighted by atomic mass is 10.2. The minimum Gasteiger partial charge on any atom is -0.392 e. The lowest BCUT2D eigenvalue weighted by Crippen LogP contribution is -2.33. The van der Waals surface area contributed by atoms with Gasteiger partial charge in [0.15, 0.2) is 0 Å². The van der Waals surface area contributed by atoms with Gasteiger partial charge in [-0.15, -0.1) is 0 Å². The molecule has 7 heteroatoms. The van der Waals surface area contributed by atoms with Crippen LogP contribution in [0.25, 0.3) is 0 Å². The Morgan fingerprint density at radius 3 is 2.84 bits per heavy atom. The minimum atomic E-state index is -3.64. The van der Waals surface area contributed by atoms with Gasteiger partial charge in [0.05, 0.1) is 18.2 Å². The van der Waals surface area contributed by atoms with Gasteiger partial charge in [-0.25, -0.2) is 8.42 Å². The van der Waals surface area contributed by atoms with Crippen LogP contribution in [0.1, 0.15) is 12.0 Å². The van der Waals surface area contributed by atoms with E-state index in [4.69, 9.17) is 21.4 Å². The van der Waals surface area contributed by atoms with Crippen LogP contribution in [0.5, 0.6) is 0 Å². The zero-order chi connectivity index (χ0) is 13.9. The molecule has 0 aromatic heterocycles. The van der Waals surface area contributed by atoms with Crippen molar-refractivity contribution in [1.82, 2.24) is 4.31 Å². The fourth-order valence-electron chi connectivity index (χ4n) is 1.95. The quantitative estimate of drug-likeness (QED) is 0.912. The lowest BCUT2D eigenvalue weighted by Gasteiger charge is -2.20. The van der Waals surface area contributed by atoms with E-state index in [1.807, 2.05) is 0 Å². The highest BCUT2D eigenvalue weighted by Gasteiger charge is 2.27. The van der Waals surface area contributed by atoms with Crippen molar-refractivity contribution in [1.29, 1.82) is 0 Å². The molecule has 1 N–H and O–H groups in total. The first kappa shape index (κ1) is 14.7. The van der Waals surface area contributed by atoms with Crippen LogP contribution in [0, 0.1) is 0 Å². The van der Waals surface area contributed by atoms with Gasteiger partial charge in [-0.2, -0.15) is 4.31 Å². The molecule has 1 fully saturated rings. The summed E-state index contributed by atoms with van der Waals surface area (Å²) in [4.78, 5) is 0.0441. The van der Waals surface area contributed by atoms with Crippen molar-refractivity contribution >= 4 is 21.6 Å². The molecule has 106 valence electrons. The summed E-state index contributed by atoms with van der Waals surface area (Å²) < 4.78 is 31.7. The molecule has 1 heterocycles. The van der Waals surface area contributed by atoms with E-state index in [9.17, 15) is 8.42 Å². The Bertz CT molecular complexity index is 539. The van der Waals surface area contributed by atoms with E-state index in [0.717, 1.165) is 0 Å². The van der Waals surface area contributed by atoms with Crippen LogP contribution in [0.2, 0.25) is 5.02 Å². The van der Waals surface area contributed by atoms with Crippen molar-refractivity contribution in [3.8, 4) is 0 Å². The average Bonchev–Trinajstić information content (AvgIpc) is 2.68. The third kappa shape index (κ3) is 3.27. The van der Waals surface area contributed by atoms with Crippen LogP contribution < -0.4 is 0 Å². The Hall–Kier alpha value is -0.660. The Morgan fingerprint density at radius 2 is 2.11 bits per heavy atom. The topological polar surface area (TPSA) is 66.8 Å². The second kappa shape index (κ2) is 6.19. The third-order valence-electron chi connectivity index (χ3n) is 2.98. The van der Waals surface area contributed by atoms with Gasteiger partial charge >= 0.3 is 0 Å². The lowest BCUT2D eigenvalue weighted by molar-refractivity contribution is 0.148. The molecule has 0 bridgehead atoms. The molecule has 1 aliphatic rings. The normalized spacial score (nSPS) is 18.2. The summed E-state index contributed by atoms with van der Waals surface area (Å²) in [5, 5.41) is 9.27. The molecule has 1 saturated heterocycles. The van der Waals surface area contributed by atoms with Gasteiger partial charge in [0, 0.05) is 19.7 Å². The van der Waals surface area contributed by atoms with Gasteiger partial charge < -0.3 is 9.84 Å². The second-order valence-electron chi connectivity index (χ2n) is 4.29. The van der Waals surface area contributed by atoms with Gasteiger partial charge in [0.25, 0.3) is 0 Å². The Balaban J connectivity index is 2.37. The SMILES string of the molecule is O=S(=O)(c1cc(CO)ccc1Cl)N1CCCOCC1. The molecule has 0 spiro atoms. The van der Waals surface area contributed by atoms with E-state index in [2.05, 4.69) is 0 Å². The van der Waals surface area contributed by atoms with Gasteiger partial charge in [-0.1, -0.05) is 17.7 Å². The number of ether oxygens (including phenoxy) is 1. The number of hydrogen-bond acceptors (Lipinski definition) is 4. The van der Waals surface area contributed by atoms with Crippen LogP contribution in [0.4, 0.5) is 0 Å². The van der Waals surface area contributed by atoms with Crippen molar-refractivity contribution in [2.45, 2.75) is 17.9 Å². The third-order valence-corrected chi connectivity index (χ3v) is 5.36. The van der Waals surface area contributed by atoms with Crippen molar-refractivity contribution in [3.05, 3.63) is 28.8 Å². The van der Waals surface area contributed by atoms with Crippen LogP contribution in [0.3, 0.4) is 0 Å². The zero-order valence-electron chi connectivity index (χ0n) is 10.4. The minimum absolute atomic E-state index is 0.0441. The Labute approximate surface area is 117 Å². The van der Waals surface area contributed by atoms with Gasteiger partial charge in [0.2, 0.25) is 10.0 Å². The molecule has 1 aromatic carbocycles. The summed E-state index contributed by atoms with van der Waals surface area (Å²) in [7, 11) is -3.64. The van der Waals surface area contributed by atoms with Crippen molar-refractivity contribution < 1.29 is 18.3 Å². The van der Waals surface area contributed by atoms with Crippen LogP contribution in [-0.2, 0) is 21.4 Å². The predicted octanol–water partition coefficient (Wildman–Crippen LogP) is 1.24.